The summed E-state index contributed by atoms with van der Waals surface area (Å²) in [6.07, 6.45) is 4.05. The van der Waals surface area contributed by atoms with Crippen LogP contribution in [0.25, 0.3) is 5.69 Å². The molecule has 5 heteroatoms. The van der Waals surface area contributed by atoms with E-state index in [-0.39, 0.29) is 0 Å². The van der Waals surface area contributed by atoms with Crippen LogP contribution in [0, 0.1) is 4.77 Å². The van der Waals surface area contributed by atoms with Gasteiger partial charge in [0.05, 0.1) is 5.69 Å². The van der Waals surface area contributed by atoms with Gasteiger partial charge in [0.2, 0.25) is 0 Å². The third kappa shape index (κ3) is 2.45. The molecule has 0 spiro atoms. The zero-order valence-electron chi connectivity index (χ0n) is 9.93. The maximum Gasteiger partial charge on any atom is 0.199 e. The molecule has 0 atom stereocenters. The predicted molar refractivity (Wildman–Crippen MR) is 74.5 cm³/mol. The molecule has 0 aliphatic heterocycles. The van der Waals surface area contributed by atoms with Crippen molar-refractivity contribution in [3.05, 3.63) is 34.9 Å². The lowest BCUT2D eigenvalue weighted by molar-refractivity contribution is 0.796. The number of thioether (sulfide) groups is 1. The predicted octanol–water partition coefficient (Wildman–Crippen LogP) is 3.60. The fraction of sp³-hybridized carbons (Fsp3) is 0.333. The molecule has 0 fully saturated rings. The molecule has 0 bridgehead atoms. The van der Waals surface area contributed by atoms with Gasteiger partial charge in [-0.15, -0.1) is 11.8 Å². The number of nitrogens with zero attached hydrogens (tertiary/aromatic N) is 2. The highest BCUT2D eigenvalue weighted by Gasteiger charge is 2.10. The maximum atomic E-state index is 5.31. The van der Waals surface area contributed by atoms with E-state index in [1.165, 1.54) is 4.90 Å². The summed E-state index contributed by atoms with van der Waals surface area (Å²) in [5, 5.41) is 7.17. The number of aromatic nitrogens is 3. The first-order valence-corrected chi connectivity index (χ1v) is 7.21. The van der Waals surface area contributed by atoms with Crippen molar-refractivity contribution in [2.24, 2.45) is 0 Å². The Morgan fingerprint density at radius 2 is 2.18 bits per heavy atom. The van der Waals surface area contributed by atoms with Crippen LogP contribution in [-0.2, 0) is 6.42 Å². The summed E-state index contributed by atoms with van der Waals surface area (Å²) in [5.41, 5.74) is 1.11. The second kappa shape index (κ2) is 5.51. The second-order valence-corrected chi connectivity index (χ2v) is 4.94. The largest absolute Gasteiger partial charge is 0.271 e. The van der Waals surface area contributed by atoms with Crippen LogP contribution >= 0.6 is 24.0 Å². The number of rotatable bonds is 4. The van der Waals surface area contributed by atoms with Gasteiger partial charge in [0, 0.05) is 11.3 Å². The average molecular weight is 265 g/mol. The SMILES string of the molecule is CCCc1n[nH]c(=S)n1-c1ccccc1SC. The fourth-order valence-corrected chi connectivity index (χ4v) is 2.62. The average Bonchev–Trinajstić information content (AvgIpc) is 2.71. The van der Waals surface area contributed by atoms with Gasteiger partial charge in [-0.05, 0) is 37.0 Å². The lowest BCUT2D eigenvalue weighted by atomic mass is 10.3. The summed E-state index contributed by atoms with van der Waals surface area (Å²) >= 11 is 7.03. The van der Waals surface area contributed by atoms with E-state index < -0.39 is 0 Å². The number of hydrogen-bond donors (Lipinski definition) is 1. The van der Waals surface area contributed by atoms with Crippen LogP contribution in [0.4, 0.5) is 0 Å². The minimum absolute atomic E-state index is 0.662. The van der Waals surface area contributed by atoms with Gasteiger partial charge in [-0.2, -0.15) is 5.10 Å². The first-order valence-electron chi connectivity index (χ1n) is 5.57. The number of hydrogen-bond acceptors (Lipinski definition) is 3. The molecule has 0 aliphatic carbocycles. The van der Waals surface area contributed by atoms with Gasteiger partial charge in [-0.3, -0.25) is 9.67 Å². The van der Waals surface area contributed by atoms with Crippen LogP contribution < -0.4 is 0 Å². The number of aryl methyl sites for hydroxylation is 1. The summed E-state index contributed by atoms with van der Waals surface area (Å²) < 4.78 is 2.69. The quantitative estimate of drug-likeness (QED) is 0.677. The van der Waals surface area contributed by atoms with E-state index in [0.717, 1.165) is 24.4 Å². The topological polar surface area (TPSA) is 33.6 Å². The molecule has 0 amide bonds. The molecule has 0 aliphatic rings. The lowest BCUT2D eigenvalue weighted by Gasteiger charge is -2.10. The Morgan fingerprint density at radius 3 is 2.88 bits per heavy atom. The molecular formula is C12H15N3S2. The number of aromatic amines is 1. The first kappa shape index (κ1) is 12.4. The molecular weight excluding hydrogens is 250 g/mol. The molecule has 90 valence electrons. The molecule has 2 rings (SSSR count). The number of para-hydroxylation sites is 1. The van der Waals surface area contributed by atoms with Crippen molar-refractivity contribution in [1.82, 2.24) is 14.8 Å². The van der Waals surface area contributed by atoms with Crippen LogP contribution in [0.15, 0.2) is 29.2 Å². The molecule has 0 radical (unpaired) electrons. The standard InChI is InChI=1S/C12H15N3S2/c1-3-6-11-13-14-12(16)15(11)9-7-4-5-8-10(9)17-2/h4-5,7-8H,3,6H2,1-2H3,(H,14,16). The van der Waals surface area contributed by atoms with E-state index in [4.69, 9.17) is 12.2 Å². The van der Waals surface area contributed by atoms with Gasteiger partial charge >= 0.3 is 0 Å². The minimum atomic E-state index is 0.662. The number of H-pyrrole nitrogens is 1. The van der Waals surface area contributed by atoms with Gasteiger partial charge in [0.1, 0.15) is 5.82 Å². The van der Waals surface area contributed by atoms with E-state index in [9.17, 15) is 0 Å². The smallest absolute Gasteiger partial charge is 0.199 e. The fourth-order valence-electron chi connectivity index (χ4n) is 1.78. The first-order chi connectivity index (χ1) is 8.27. The highest BCUT2D eigenvalue weighted by Crippen LogP contribution is 2.24. The minimum Gasteiger partial charge on any atom is -0.271 e. The van der Waals surface area contributed by atoms with Crippen molar-refractivity contribution in [3.63, 3.8) is 0 Å². The normalized spacial score (nSPS) is 10.7. The zero-order valence-corrected chi connectivity index (χ0v) is 11.6. The Hall–Kier alpha value is -1.07. The Bertz CT molecular complexity index is 557. The molecule has 17 heavy (non-hydrogen) atoms. The third-order valence-corrected chi connectivity index (χ3v) is 3.60. The van der Waals surface area contributed by atoms with Crippen LogP contribution in [0.3, 0.4) is 0 Å². The zero-order chi connectivity index (χ0) is 12.3. The van der Waals surface area contributed by atoms with E-state index >= 15 is 0 Å². The molecule has 2 aromatic rings. The molecule has 0 unspecified atom stereocenters. The Kier molecular flexibility index (Phi) is 4.02. The van der Waals surface area contributed by atoms with Crippen LogP contribution in [0.2, 0.25) is 0 Å². The van der Waals surface area contributed by atoms with Crippen molar-refractivity contribution in [1.29, 1.82) is 0 Å². The van der Waals surface area contributed by atoms with Crippen molar-refractivity contribution < 1.29 is 0 Å². The van der Waals surface area contributed by atoms with Crippen molar-refractivity contribution in [3.8, 4) is 5.69 Å². The van der Waals surface area contributed by atoms with E-state index in [1.807, 2.05) is 16.7 Å². The van der Waals surface area contributed by atoms with Crippen molar-refractivity contribution >= 4 is 24.0 Å². The highest BCUT2D eigenvalue weighted by atomic mass is 32.2. The summed E-state index contributed by atoms with van der Waals surface area (Å²) in [6, 6.07) is 8.25. The van der Waals surface area contributed by atoms with Gasteiger partial charge in [-0.1, -0.05) is 19.1 Å². The van der Waals surface area contributed by atoms with Crippen molar-refractivity contribution in [2.75, 3.05) is 6.26 Å². The molecule has 3 nitrogen and oxygen atoms in total. The molecule has 0 saturated heterocycles. The van der Waals surface area contributed by atoms with Gasteiger partial charge in [0.25, 0.3) is 0 Å². The summed E-state index contributed by atoms with van der Waals surface area (Å²) in [7, 11) is 0. The molecule has 1 N–H and O–H groups in total. The highest BCUT2D eigenvalue weighted by molar-refractivity contribution is 7.98. The number of benzene rings is 1. The Balaban J connectivity index is 2.59. The summed E-state index contributed by atoms with van der Waals surface area (Å²) in [5.74, 6) is 0.999. The van der Waals surface area contributed by atoms with Gasteiger partial charge < -0.3 is 0 Å². The lowest BCUT2D eigenvalue weighted by Crippen LogP contribution is -2.02. The summed E-state index contributed by atoms with van der Waals surface area (Å²) in [6.45, 7) is 2.14. The molecule has 1 heterocycles. The monoisotopic (exact) mass is 265 g/mol. The van der Waals surface area contributed by atoms with Crippen LogP contribution in [0.1, 0.15) is 19.2 Å². The number of nitrogens with one attached hydrogen (secondary N) is 1. The van der Waals surface area contributed by atoms with E-state index in [0.29, 0.717) is 4.77 Å². The van der Waals surface area contributed by atoms with Crippen LogP contribution in [0.5, 0.6) is 0 Å². The van der Waals surface area contributed by atoms with E-state index in [1.54, 1.807) is 11.8 Å². The third-order valence-electron chi connectivity index (χ3n) is 2.54. The van der Waals surface area contributed by atoms with Crippen molar-refractivity contribution in [2.45, 2.75) is 24.7 Å². The molecule has 0 saturated carbocycles. The molecule has 1 aromatic heterocycles. The Labute approximate surface area is 110 Å². The van der Waals surface area contributed by atoms with Gasteiger partial charge in [-0.25, -0.2) is 0 Å². The summed E-state index contributed by atoms with van der Waals surface area (Å²) in [4.78, 5) is 1.21. The second-order valence-electron chi connectivity index (χ2n) is 3.70. The molecule has 1 aromatic carbocycles. The van der Waals surface area contributed by atoms with E-state index in [2.05, 4.69) is 35.5 Å². The van der Waals surface area contributed by atoms with Gasteiger partial charge in [0.15, 0.2) is 4.77 Å². The van der Waals surface area contributed by atoms with Crippen LogP contribution in [-0.4, -0.2) is 21.0 Å². The Morgan fingerprint density at radius 1 is 1.41 bits per heavy atom. The maximum absolute atomic E-state index is 5.31.